The van der Waals surface area contributed by atoms with Crippen LogP contribution in [0.25, 0.3) is 0 Å². The summed E-state index contributed by atoms with van der Waals surface area (Å²) in [5.41, 5.74) is 0.333. The van der Waals surface area contributed by atoms with Gasteiger partial charge >= 0.3 is 0 Å². The molecule has 2 heteroatoms. The second kappa shape index (κ2) is 3.74. The van der Waals surface area contributed by atoms with Crippen molar-refractivity contribution >= 4 is 0 Å². The van der Waals surface area contributed by atoms with Crippen LogP contribution in [0.2, 0.25) is 0 Å². The van der Waals surface area contributed by atoms with Crippen molar-refractivity contribution in [2.75, 3.05) is 0 Å². The molecule has 0 spiro atoms. The molecule has 2 nitrogen and oxygen atoms in total. The Bertz CT molecular complexity index is 219. The van der Waals surface area contributed by atoms with Crippen molar-refractivity contribution in [3.05, 3.63) is 0 Å². The lowest BCUT2D eigenvalue weighted by molar-refractivity contribution is 0.0850. The van der Waals surface area contributed by atoms with Gasteiger partial charge in [-0.15, -0.1) is 0 Å². The molecule has 0 atom stereocenters. The van der Waals surface area contributed by atoms with Crippen molar-refractivity contribution < 1.29 is 9.78 Å². The highest BCUT2D eigenvalue weighted by Gasteiger charge is 2.60. The molecule has 0 aromatic carbocycles. The third kappa shape index (κ3) is 3.18. The van der Waals surface area contributed by atoms with E-state index in [1.807, 2.05) is 0 Å². The Morgan fingerprint density at radius 1 is 1.00 bits per heavy atom. The van der Waals surface area contributed by atoms with Crippen LogP contribution in [0.1, 0.15) is 61.3 Å². The topological polar surface area (TPSA) is 25.1 Å². The van der Waals surface area contributed by atoms with Crippen LogP contribution in [0.4, 0.5) is 0 Å². The fourth-order valence-electron chi connectivity index (χ4n) is 2.43. The summed E-state index contributed by atoms with van der Waals surface area (Å²) in [6.07, 6.45) is 2.18. The summed E-state index contributed by atoms with van der Waals surface area (Å²) in [6.45, 7) is 15.6. The standard InChI is InChI=1S/C13H26O2/c1-10(2)8-12(6,7)9-13(14-15-13)11(3,4)5/h10H,8-9H2,1-7H3. The van der Waals surface area contributed by atoms with Crippen LogP contribution in [0.5, 0.6) is 0 Å². The van der Waals surface area contributed by atoms with E-state index in [2.05, 4.69) is 48.5 Å². The van der Waals surface area contributed by atoms with Gasteiger partial charge in [-0.2, -0.15) is 9.78 Å². The summed E-state index contributed by atoms with van der Waals surface area (Å²) in [4.78, 5) is 10.6. The largest absolute Gasteiger partial charge is 0.239 e. The zero-order valence-corrected chi connectivity index (χ0v) is 11.3. The smallest absolute Gasteiger partial charge is 0.194 e. The van der Waals surface area contributed by atoms with E-state index in [4.69, 9.17) is 9.78 Å². The average molecular weight is 214 g/mol. The summed E-state index contributed by atoms with van der Waals surface area (Å²) in [7, 11) is 0. The van der Waals surface area contributed by atoms with E-state index in [-0.39, 0.29) is 16.6 Å². The van der Waals surface area contributed by atoms with E-state index in [0.29, 0.717) is 0 Å². The van der Waals surface area contributed by atoms with Crippen LogP contribution in [-0.2, 0) is 9.78 Å². The predicted molar refractivity (Wildman–Crippen MR) is 62.2 cm³/mol. The molecule has 1 saturated heterocycles. The molecule has 0 aliphatic carbocycles. The summed E-state index contributed by atoms with van der Waals surface area (Å²) in [5, 5.41) is 0. The summed E-state index contributed by atoms with van der Waals surface area (Å²) in [6, 6.07) is 0. The number of hydrogen-bond acceptors (Lipinski definition) is 2. The van der Waals surface area contributed by atoms with E-state index in [1.165, 1.54) is 6.42 Å². The SMILES string of the molecule is CC(C)CC(C)(C)CC1(C(C)(C)C)OO1. The summed E-state index contributed by atoms with van der Waals surface area (Å²) in [5.74, 6) is 0.376. The lowest BCUT2D eigenvalue weighted by Gasteiger charge is -2.32. The highest BCUT2D eigenvalue weighted by atomic mass is 17.4. The molecule has 1 aliphatic rings. The first kappa shape index (κ1) is 13.0. The van der Waals surface area contributed by atoms with Gasteiger partial charge in [0.2, 0.25) is 5.79 Å². The van der Waals surface area contributed by atoms with Crippen LogP contribution in [0.15, 0.2) is 0 Å². The lowest BCUT2D eigenvalue weighted by Crippen LogP contribution is -2.35. The Morgan fingerprint density at radius 2 is 1.47 bits per heavy atom. The molecule has 0 bridgehead atoms. The molecule has 15 heavy (non-hydrogen) atoms. The molecule has 90 valence electrons. The van der Waals surface area contributed by atoms with Crippen molar-refractivity contribution in [2.24, 2.45) is 16.7 Å². The lowest BCUT2D eigenvalue weighted by atomic mass is 9.72. The first-order valence-electron chi connectivity index (χ1n) is 5.95. The van der Waals surface area contributed by atoms with Crippen molar-refractivity contribution in [1.29, 1.82) is 0 Å². The molecule has 1 rings (SSSR count). The molecular formula is C13H26O2. The van der Waals surface area contributed by atoms with Gasteiger partial charge in [0.1, 0.15) is 0 Å². The van der Waals surface area contributed by atoms with Crippen molar-refractivity contribution in [3.63, 3.8) is 0 Å². The van der Waals surface area contributed by atoms with Crippen molar-refractivity contribution in [2.45, 2.75) is 67.1 Å². The van der Waals surface area contributed by atoms with Crippen LogP contribution in [0.3, 0.4) is 0 Å². The minimum Gasteiger partial charge on any atom is -0.194 e. The van der Waals surface area contributed by atoms with Crippen molar-refractivity contribution in [3.8, 4) is 0 Å². The Balaban J connectivity index is 2.61. The second-order valence-corrected chi connectivity index (χ2v) is 7.11. The summed E-state index contributed by atoms with van der Waals surface area (Å²) >= 11 is 0. The second-order valence-electron chi connectivity index (χ2n) is 7.11. The van der Waals surface area contributed by atoms with E-state index in [9.17, 15) is 0 Å². The van der Waals surface area contributed by atoms with Crippen LogP contribution in [-0.4, -0.2) is 5.79 Å². The molecule has 0 aromatic heterocycles. The molecule has 0 unspecified atom stereocenters. The fourth-order valence-corrected chi connectivity index (χ4v) is 2.43. The Labute approximate surface area is 94.3 Å². The van der Waals surface area contributed by atoms with Crippen LogP contribution >= 0.6 is 0 Å². The van der Waals surface area contributed by atoms with Gasteiger partial charge in [0.05, 0.1) is 0 Å². The minimum atomic E-state index is -0.342. The molecule has 0 aromatic rings. The monoisotopic (exact) mass is 214 g/mol. The quantitative estimate of drug-likeness (QED) is 0.518. The van der Waals surface area contributed by atoms with Gasteiger partial charge in [0.25, 0.3) is 0 Å². The Kier molecular flexibility index (Phi) is 3.24. The minimum absolute atomic E-state index is 0.0568. The highest BCUT2D eigenvalue weighted by Crippen LogP contribution is 2.53. The predicted octanol–water partition coefficient (Wildman–Crippen LogP) is 4.15. The average Bonchev–Trinajstić information content (AvgIpc) is 2.61. The number of hydrogen-bond donors (Lipinski definition) is 0. The molecule has 1 aliphatic heterocycles. The van der Waals surface area contributed by atoms with Gasteiger partial charge < -0.3 is 0 Å². The molecule has 1 fully saturated rings. The van der Waals surface area contributed by atoms with E-state index in [1.54, 1.807) is 0 Å². The fraction of sp³-hybridized carbons (Fsp3) is 1.00. The zero-order chi connectivity index (χ0) is 11.9. The molecule has 0 radical (unpaired) electrons. The van der Waals surface area contributed by atoms with E-state index >= 15 is 0 Å². The molecule has 0 N–H and O–H groups in total. The van der Waals surface area contributed by atoms with E-state index < -0.39 is 0 Å². The Morgan fingerprint density at radius 3 is 1.73 bits per heavy atom. The van der Waals surface area contributed by atoms with Crippen LogP contribution in [0, 0.1) is 16.7 Å². The first-order valence-corrected chi connectivity index (χ1v) is 5.95. The molecule has 0 amide bonds. The third-order valence-electron chi connectivity index (χ3n) is 3.10. The van der Waals surface area contributed by atoms with Gasteiger partial charge in [-0.05, 0) is 17.8 Å². The van der Waals surface area contributed by atoms with Crippen molar-refractivity contribution in [1.82, 2.24) is 0 Å². The first-order chi connectivity index (χ1) is 6.58. The normalized spacial score (nSPS) is 20.8. The van der Waals surface area contributed by atoms with Gasteiger partial charge in [-0.1, -0.05) is 48.5 Å². The molecule has 0 saturated carbocycles. The highest BCUT2D eigenvalue weighted by molar-refractivity contribution is 4.92. The Hall–Kier alpha value is -0.0800. The van der Waals surface area contributed by atoms with Gasteiger partial charge in [-0.3, -0.25) is 0 Å². The molecule has 1 heterocycles. The van der Waals surface area contributed by atoms with Gasteiger partial charge in [0.15, 0.2) is 0 Å². The van der Waals surface area contributed by atoms with Gasteiger partial charge in [-0.25, -0.2) is 0 Å². The maximum absolute atomic E-state index is 5.28. The zero-order valence-electron chi connectivity index (χ0n) is 11.3. The maximum Gasteiger partial charge on any atom is 0.239 e. The summed E-state index contributed by atoms with van der Waals surface area (Å²) < 4.78 is 0. The van der Waals surface area contributed by atoms with E-state index in [0.717, 1.165) is 12.3 Å². The van der Waals surface area contributed by atoms with Gasteiger partial charge in [0, 0.05) is 11.8 Å². The molecular weight excluding hydrogens is 188 g/mol. The van der Waals surface area contributed by atoms with Crippen LogP contribution < -0.4 is 0 Å². The third-order valence-corrected chi connectivity index (χ3v) is 3.10. The number of rotatable bonds is 4. The maximum atomic E-state index is 5.28.